The second kappa shape index (κ2) is 5.24. The van der Waals surface area contributed by atoms with Crippen LogP contribution in [0, 0.1) is 5.82 Å². The smallest absolute Gasteiger partial charge is 0.414 e. The molecule has 5 nitrogen and oxygen atoms in total. The molecule has 1 amide bonds. The number of carbonyl (C=O) groups excluding carboxylic acids is 1. The van der Waals surface area contributed by atoms with E-state index in [0.29, 0.717) is 24.4 Å². The Morgan fingerprint density at radius 2 is 2.25 bits per heavy atom. The van der Waals surface area contributed by atoms with Crippen LogP contribution in [0.15, 0.2) is 36.8 Å². The quantitative estimate of drug-likeness (QED) is 0.844. The Balaban J connectivity index is 1.98. The van der Waals surface area contributed by atoms with Crippen LogP contribution in [-0.4, -0.2) is 29.2 Å². The van der Waals surface area contributed by atoms with Crippen LogP contribution in [-0.2, 0) is 4.74 Å². The third-order valence-electron chi connectivity index (χ3n) is 3.07. The van der Waals surface area contributed by atoms with Gasteiger partial charge in [-0.1, -0.05) is 12.1 Å². The molecule has 102 valence electrons. The Hall–Kier alpha value is -2.50. The fraction of sp³-hybridized carbons (Fsp3) is 0.214. The highest BCUT2D eigenvalue weighted by Gasteiger charge is 2.21. The van der Waals surface area contributed by atoms with E-state index >= 15 is 0 Å². The Morgan fingerprint density at radius 1 is 1.35 bits per heavy atom. The highest BCUT2D eigenvalue weighted by Crippen LogP contribution is 2.26. The van der Waals surface area contributed by atoms with Crippen molar-refractivity contribution in [2.75, 3.05) is 18.1 Å². The Labute approximate surface area is 115 Å². The van der Waals surface area contributed by atoms with Crippen LogP contribution < -0.4 is 4.90 Å². The van der Waals surface area contributed by atoms with Crippen LogP contribution in [0.2, 0.25) is 0 Å². The third kappa shape index (κ3) is 2.32. The average Bonchev–Trinajstić information content (AvgIpc) is 2.48. The largest absolute Gasteiger partial charge is 0.449 e. The van der Waals surface area contributed by atoms with Gasteiger partial charge in [0.25, 0.3) is 0 Å². The topological polar surface area (TPSA) is 55.3 Å². The molecule has 1 fully saturated rings. The fourth-order valence-corrected chi connectivity index (χ4v) is 2.13. The first-order valence-electron chi connectivity index (χ1n) is 6.26. The molecule has 0 spiro atoms. The highest BCUT2D eigenvalue weighted by atomic mass is 19.1. The number of hydrogen-bond donors (Lipinski definition) is 0. The molecule has 0 saturated carbocycles. The van der Waals surface area contributed by atoms with Crippen molar-refractivity contribution in [2.45, 2.75) is 6.42 Å². The minimum atomic E-state index is -0.495. The van der Waals surface area contributed by atoms with Gasteiger partial charge in [-0.15, -0.1) is 0 Å². The maximum Gasteiger partial charge on any atom is 0.414 e. The molecule has 0 unspecified atom stereocenters. The predicted octanol–water partition coefficient (Wildman–Crippen LogP) is 2.63. The molecule has 2 heterocycles. The fourth-order valence-electron chi connectivity index (χ4n) is 2.13. The summed E-state index contributed by atoms with van der Waals surface area (Å²) in [6.45, 7) is 1.03. The summed E-state index contributed by atoms with van der Waals surface area (Å²) in [5, 5.41) is 0. The van der Waals surface area contributed by atoms with E-state index < -0.39 is 5.82 Å². The Kier molecular flexibility index (Phi) is 3.28. The molecule has 6 heteroatoms. The molecular weight excluding hydrogens is 261 g/mol. The van der Waals surface area contributed by atoms with Crippen LogP contribution in [0.5, 0.6) is 0 Å². The van der Waals surface area contributed by atoms with Gasteiger partial charge in [0, 0.05) is 17.8 Å². The minimum Gasteiger partial charge on any atom is -0.449 e. The number of halogens is 1. The van der Waals surface area contributed by atoms with Gasteiger partial charge in [-0.2, -0.15) is 0 Å². The molecule has 0 N–H and O–H groups in total. The lowest BCUT2D eigenvalue weighted by molar-refractivity contribution is 0.140. The van der Waals surface area contributed by atoms with Crippen molar-refractivity contribution in [1.29, 1.82) is 0 Å². The first-order chi connectivity index (χ1) is 9.75. The summed E-state index contributed by atoms with van der Waals surface area (Å²) in [5.74, 6) is -0.495. The molecule has 0 radical (unpaired) electrons. The molecular formula is C14H12FN3O2. The van der Waals surface area contributed by atoms with Crippen molar-refractivity contribution in [3.8, 4) is 11.3 Å². The second-order valence-electron chi connectivity index (χ2n) is 4.39. The number of benzene rings is 1. The van der Waals surface area contributed by atoms with E-state index in [1.54, 1.807) is 24.3 Å². The monoisotopic (exact) mass is 273 g/mol. The van der Waals surface area contributed by atoms with Gasteiger partial charge in [0.2, 0.25) is 0 Å². The van der Waals surface area contributed by atoms with E-state index in [1.165, 1.54) is 11.2 Å². The molecule has 1 aromatic heterocycles. The van der Waals surface area contributed by atoms with E-state index in [1.807, 2.05) is 0 Å². The molecule has 1 aromatic carbocycles. The van der Waals surface area contributed by atoms with Gasteiger partial charge in [0.05, 0.1) is 12.8 Å². The summed E-state index contributed by atoms with van der Waals surface area (Å²) >= 11 is 0. The van der Waals surface area contributed by atoms with Crippen molar-refractivity contribution in [2.24, 2.45) is 0 Å². The first-order valence-corrected chi connectivity index (χ1v) is 6.26. The van der Waals surface area contributed by atoms with Crippen molar-refractivity contribution < 1.29 is 13.9 Å². The van der Waals surface area contributed by atoms with Crippen LogP contribution in [0.25, 0.3) is 11.3 Å². The van der Waals surface area contributed by atoms with Gasteiger partial charge >= 0.3 is 6.09 Å². The summed E-state index contributed by atoms with van der Waals surface area (Å²) in [6, 6.07) is 7.01. The molecule has 1 aliphatic rings. The van der Waals surface area contributed by atoms with E-state index in [2.05, 4.69) is 9.97 Å². The lowest BCUT2D eigenvalue weighted by atomic mass is 10.1. The maximum absolute atomic E-state index is 13.7. The van der Waals surface area contributed by atoms with Crippen LogP contribution in [0.3, 0.4) is 0 Å². The van der Waals surface area contributed by atoms with Crippen LogP contribution in [0.1, 0.15) is 6.42 Å². The zero-order valence-corrected chi connectivity index (χ0v) is 10.6. The standard InChI is InChI=1S/C14H12FN3O2/c15-12-8-16-9-17-13(12)10-3-1-4-11(7-10)18-5-2-6-20-14(18)19/h1,3-4,7-9H,2,5-6H2. The van der Waals surface area contributed by atoms with Crippen LogP contribution >= 0.6 is 0 Å². The number of cyclic esters (lactones) is 1. The minimum absolute atomic E-state index is 0.215. The number of amides is 1. The number of anilines is 1. The summed E-state index contributed by atoms with van der Waals surface area (Å²) in [5.41, 5.74) is 1.48. The third-order valence-corrected chi connectivity index (χ3v) is 3.07. The summed E-state index contributed by atoms with van der Waals surface area (Å²) in [4.78, 5) is 20.8. The summed E-state index contributed by atoms with van der Waals surface area (Å²) in [7, 11) is 0. The molecule has 0 aliphatic carbocycles. The predicted molar refractivity (Wildman–Crippen MR) is 70.7 cm³/mol. The SMILES string of the molecule is O=C1OCCCN1c1cccc(-c2ncncc2F)c1. The van der Waals surface area contributed by atoms with Gasteiger partial charge in [-0.3, -0.25) is 4.90 Å². The molecule has 0 atom stereocenters. The van der Waals surface area contributed by atoms with E-state index in [4.69, 9.17) is 4.74 Å². The first kappa shape index (κ1) is 12.5. The number of nitrogens with zero attached hydrogens (tertiary/aromatic N) is 3. The van der Waals surface area contributed by atoms with Crippen molar-refractivity contribution in [1.82, 2.24) is 9.97 Å². The number of hydrogen-bond acceptors (Lipinski definition) is 4. The van der Waals surface area contributed by atoms with Crippen molar-refractivity contribution >= 4 is 11.8 Å². The van der Waals surface area contributed by atoms with Gasteiger partial charge in [-0.25, -0.2) is 19.2 Å². The lowest BCUT2D eigenvalue weighted by Crippen LogP contribution is -2.37. The number of aromatic nitrogens is 2. The van der Waals surface area contributed by atoms with Gasteiger partial charge in [-0.05, 0) is 18.6 Å². The Bertz CT molecular complexity index is 648. The molecule has 3 rings (SSSR count). The summed E-state index contributed by atoms with van der Waals surface area (Å²) < 4.78 is 18.7. The maximum atomic E-state index is 13.7. The van der Waals surface area contributed by atoms with E-state index in [0.717, 1.165) is 12.6 Å². The lowest BCUT2D eigenvalue weighted by Gasteiger charge is -2.26. The normalized spacial score (nSPS) is 15.1. The van der Waals surface area contributed by atoms with Gasteiger partial charge in [0.15, 0.2) is 5.82 Å². The molecule has 2 aromatic rings. The molecule has 1 saturated heterocycles. The summed E-state index contributed by atoms with van der Waals surface area (Å²) in [6.07, 6.45) is 2.80. The van der Waals surface area contributed by atoms with Crippen LogP contribution in [0.4, 0.5) is 14.9 Å². The van der Waals surface area contributed by atoms with E-state index in [9.17, 15) is 9.18 Å². The number of carbonyl (C=O) groups is 1. The second-order valence-corrected chi connectivity index (χ2v) is 4.39. The molecule has 1 aliphatic heterocycles. The number of rotatable bonds is 2. The van der Waals surface area contributed by atoms with Crippen molar-refractivity contribution in [3.63, 3.8) is 0 Å². The Morgan fingerprint density at radius 3 is 3.05 bits per heavy atom. The zero-order chi connectivity index (χ0) is 13.9. The highest BCUT2D eigenvalue weighted by molar-refractivity contribution is 5.89. The average molecular weight is 273 g/mol. The zero-order valence-electron chi connectivity index (χ0n) is 10.6. The van der Waals surface area contributed by atoms with E-state index in [-0.39, 0.29) is 11.8 Å². The number of ether oxygens (including phenoxy) is 1. The molecule has 20 heavy (non-hydrogen) atoms. The van der Waals surface area contributed by atoms with Gasteiger partial charge in [0.1, 0.15) is 12.0 Å². The molecule has 0 bridgehead atoms. The van der Waals surface area contributed by atoms with Crippen molar-refractivity contribution in [3.05, 3.63) is 42.6 Å². The van der Waals surface area contributed by atoms with Gasteiger partial charge < -0.3 is 4.74 Å².